The van der Waals surface area contributed by atoms with E-state index in [1.54, 1.807) is 6.92 Å². The van der Waals surface area contributed by atoms with E-state index in [0.717, 1.165) is 10.6 Å². The van der Waals surface area contributed by atoms with Gasteiger partial charge in [-0.3, -0.25) is 4.99 Å². The van der Waals surface area contributed by atoms with Crippen LogP contribution >= 0.6 is 11.3 Å². The first kappa shape index (κ1) is 18.4. The van der Waals surface area contributed by atoms with Crippen LogP contribution in [0, 0.1) is 6.92 Å². The second-order valence-electron chi connectivity index (χ2n) is 6.23. The van der Waals surface area contributed by atoms with Crippen molar-refractivity contribution < 1.29 is 10.2 Å². The van der Waals surface area contributed by atoms with Gasteiger partial charge < -0.3 is 15.9 Å². The molecule has 136 valence electrons. The van der Waals surface area contributed by atoms with Gasteiger partial charge in [0.25, 0.3) is 0 Å². The molecular weight excluding hydrogens is 348 g/mol. The molecule has 2 heterocycles. The topological polar surface area (TPSA) is 104 Å². The summed E-state index contributed by atoms with van der Waals surface area (Å²) in [5, 5.41) is 21.7. The molecule has 1 aromatic carbocycles. The van der Waals surface area contributed by atoms with Gasteiger partial charge in [0.05, 0.1) is 5.69 Å². The number of rotatable bonds is 5. The molecule has 0 spiro atoms. The molecule has 2 atom stereocenters. The van der Waals surface area contributed by atoms with Gasteiger partial charge in [-0.25, -0.2) is 9.98 Å². The maximum Gasteiger partial charge on any atom is 0.167 e. The van der Waals surface area contributed by atoms with Gasteiger partial charge in [-0.15, -0.1) is 11.3 Å². The molecule has 1 aliphatic heterocycles. The Bertz CT molecular complexity index is 888. The predicted molar refractivity (Wildman–Crippen MR) is 105 cm³/mol. The van der Waals surface area contributed by atoms with Gasteiger partial charge in [0.15, 0.2) is 5.60 Å². The molecule has 0 radical (unpaired) electrons. The minimum Gasteiger partial charge on any atom is -0.396 e. The van der Waals surface area contributed by atoms with Crippen LogP contribution in [0.15, 0.2) is 52.5 Å². The molecule has 0 bridgehead atoms. The summed E-state index contributed by atoms with van der Waals surface area (Å²) in [5.41, 5.74) is 6.38. The zero-order chi connectivity index (χ0) is 18.9. The highest BCUT2D eigenvalue weighted by Crippen LogP contribution is 2.41. The second-order valence-corrected chi connectivity index (χ2v) is 7.32. The Balaban J connectivity index is 2.20. The summed E-state index contributed by atoms with van der Waals surface area (Å²) < 4.78 is 0. The maximum atomic E-state index is 11.9. The Morgan fingerprint density at radius 2 is 1.96 bits per heavy atom. The summed E-state index contributed by atoms with van der Waals surface area (Å²) in [6.45, 7) is 7.64. The molecule has 7 heteroatoms. The van der Waals surface area contributed by atoms with Crippen molar-refractivity contribution in [3.8, 4) is 0 Å². The highest BCUT2D eigenvalue weighted by molar-refractivity contribution is 7.12. The van der Waals surface area contributed by atoms with E-state index >= 15 is 0 Å². The normalized spacial score (nSPS) is 19.7. The average molecular weight is 370 g/mol. The zero-order valence-electron chi connectivity index (χ0n) is 14.8. The van der Waals surface area contributed by atoms with E-state index in [-0.39, 0.29) is 12.4 Å². The maximum absolute atomic E-state index is 11.9. The van der Waals surface area contributed by atoms with E-state index in [4.69, 9.17) is 5.73 Å². The van der Waals surface area contributed by atoms with Crippen molar-refractivity contribution in [2.75, 3.05) is 6.61 Å². The summed E-state index contributed by atoms with van der Waals surface area (Å²) in [7, 11) is 0. The van der Waals surface area contributed by atoms with Crippen molar-refractivity contribution in [1.29, 1.82) is 0 Å². The lowest BCUT2D eigenvalue weighted by molar-refractivity contribution is 0.0653. The number of aryl methyl sites for hydroxylation is 1. The number of amidine groups is 2. The van der Waals surface area contributed by atoms with Crippen LogP contribution in [0.1, 0.15) is 28.1 Å². The quantitative estimate of drug-likeness (QED) is 0.748. The van der Waals surface area contributed by atoms with Crippen molar-refractivity contribution in [1.82, 2.24) is 4.98 Å². The van der Waals surface area contributed by atoms with Gasteiger partial charge in [0.1, 0.15) is 22.7 Å². The predicted octanol–water partition coefficient (Wildman–Crippen LogP) is 1.94. The fraction of sp³-hybridized carbons (Fsp3) is 0.316. The summed E-state index contributed by atoms with van der Waals surface area (Å²) in [4.78, 5) is 14.2. The Kier molecular flexibility index (Phi) is 5.04. The Hall–Kier alpha value is -2.35. The fourth-order valence-electron chi connectivity index (χ4n) is 3.04. The molecule has 2 aromatic rings. The third-order valence-corrected chi connectivity index (χ3v) is 5.77. The third-order valence-electron chi connectivity index (χ3n) is 4.42. The number of hydrogen-bond acceptors (Lipinski definition) is 7. The molecule has 1 aromatic heterocycles. The van der Waals surface area contributed by atoms with E-state index in [9.17, 15) is 10.2 Å². The molecule has 2 unspecified atom stereocenters. The average Bonchev–Trinajstić information content (AvgIpc) is 3.00. The first-order valence-electron chi connectivity index (χ1n) is 8.31. The molecule has 0 fully saturated rings. The van der Waals surface area contributed by atoms with Gasteiger partial charge in [0, 0.05) is 23.5 Å². The number of aliphatic hydroxyl groups is 2. The lowest BCUT2D eigenvalue weighted by Gasteiger charge is -2.35. The summed E-state index contributed by atoms with van der Waals surface area (Å²) in [6, 6.07) is 8.54. The van der Waals surface area contributed by atoms with Crippen LogP contribution < -0.4 is 5.73 Å². The van der Waals surface area contributed by atoms with Crippen molar-refractivity contribution >= 4 is 23.0 Å². The first-order chi connectivity index (χ1) is 12.4. The second kappa shape index (κ2) is 7.11. The number of hydrogen-bond donors (Lipinski definition) is 3. The number of nitrogens with two attached hydrogens (primary N) is 1. The number of thiazole rings is 1. The Labute approximate surface area is 156 Å². The summed E-state index contributed by atoms with van der Waals surface area (Å²) >= 11 is 1.37. The molecular formula is C19H22N4O2S. The molecule has 3 rings (SSSR count). The third kappa shape index (κ3) is 3.09. The molecule has 0 saturated heterocycles. The lowest BCUT2D eigenvalue weighted by Crippen LogP contribution is -2.45. The van der Waals surface area contributed by atoms with E-state index < -0.39 is 11.6 Å². The highest BCUT2D eigenvalue weighted by Gasteiger charge is 2.46. The van der Waals surface area contributed by atoms with E-state index in [0.29, 0.717) is 28.4 Å². The van der Waals surface area contributed by atoms with Crippen LogP contribution in [0.5, 0.6) is 0 Å². The highest BCUT2D eigenvalue weighted by atomic mass is 32.1. The number of aliphatic imine (C=N–C) groups is 2. The van der Waals surface area contributed by atoms with Crippen molar-refractivity contribution in [2.24, 2.45) is 15.7 Å². The molecule has 4 N–H and O–H groups in total. The SMILES string of the molecule is C=C1C(N)=NC(C)=NC1C(O)(c1ccccc1)c1nc(C)c(CCO)s1. The fourth-order valence-corrected chi connectivity index (χ4v) is 4.23. The smallest absolute Gasteiger partial charge is 0.167 e. The summed E-state index contributed by atoms with van der Waals surface area (Å²) in [6.07, 6.45) is 0.492. The largest absolute Gasteiger partial charge is 0.396 e. The van der Waals surface area contributed by atoms with Gasteiger partial charge in [-0.1, -0.05) is 36.9 Å². The number of benzene rings is 1. The minimum absolute atomic E-state index is 0.0270. The summed E-state index contributed by atoms with van der Waals surface area (Å²) in [5.74, 6) is 0.749. The molecule has 1 aliphatic rings. The molecule has 0 aliphatic carbocycles. The van der Waals surface area contributed by atoms with E-state index in [2.05, 4.69) is 21.5 Å². The van der Waals surface area contributed by atoms with Crippen LogP contribution in [0.3, 0.4) is 0 Å². The Morgan fingerprint density at radius 3 is 2.62 bits per heavy atom. The van der Waals surface area contributed by atoms with Crippen molar-refractivity contribution in [3.63, 3.8) is 0 Å². The van der Waals surface area contributed by atoms with Crippen LogP contribution in [-0.2, 0) is 12.0 Å². The lowest BCUT2D eigenvalue weighted by atomic mass is 9.82. The van der Waals surface area contributed by atoms with Crippen LogP contribution in [-0.4, -0.2) is 39.5 Å². The number of aromatic nitrogens is 1. The zero-order valence-corrected chi connectivity index (χ0v) is 15.6. The van der Waals surface area contributed by atoms with Crippen molar-refractivity contribution in [2.45, 2.75) is 31.9 Å². The van der Waals surface area contributed by atoms with Crippen LogP contribution in [0.2, 0.25) is 0 Å². The minimum atomic E-state index is -1.52. The molecule has 26 heavy (non-hydrogen) atoms. The van der Waals surface area contributed by atoms with Gasteiger partial charge in [-0.05, 0) is 19.4 Å². The van der Waals surface area contributed by atoms with Gasteiger partial charge >= 0.3 is 0 Å². The molecule has 0 saturated carbocycles. The molecule has 0 amide bonds. The van der Waals surface area contributed by atoms with Gasteiger partial charge in [0.2, 0.25) is 0 Å². The van der Waals surface area contributed by atoms with Crippen LogP contribution in [0.25, 0.3) is 0 Å². The van der Waals surface area contributed by atoms with E-state index in [1.807, 2.05) is 37.3 Å². The number of aliphatic hydroxyl groups excluding tert-OH is 1. The van der Waals surface area contributed by atoms with Crippen molar-refractivity contribution in [3.05, 3.63) is 63.6 Å². The standard InChI is InChI=1S/C19H22N4O2S/c1-11-16(22-13(3)23-17(11)20)19(25,14-7-5-4-6-8-14)18-21-12(2)15(26-18)9-10-24/h4-8,16,24-25H,1,9-10H2,2-3H3,(H2,20,22,23). The van der Waals surface area contributed by atoms with Crippen LogP contribution in [0.4, 0.5) is 0 Å². The molecule has 6 nitrogen and oxygen atoms in total. The number of nitrogens with zero attached hydrogens (tertiary/aromatic N) is 3. The first-order valence-corrected chi connectivity index (χ1v) is 9.12. The Morgan fingerprint density at radius 1 is 1.27 bits per heavy atom. The monoisotopic (exact) mass is 370 g/mol. The van der Waals surface area contributed by atoms with Gasteiger partial charge in [-0.2, -0.15) is 0 Å². The van der Waals surface area contributed by atoms with E-state index in [1.165, 1.54) is 11.3 Å².